The Kier molecular flexibility index (Phi) is 6.80. The predicted molar refractivity (Wildman–Crippen MR) is 80.7 cm³/mol. The Bertz CT molecular complexity index is 471. The normalized spacial score (nSPS) is 12.2. The zero-order valence-corrected chi connectivity index (χ0v) is 13.1. The van der Waals surface area contributed by atoms with Crippen molar-refractivity contribution in [3.05, 3.63) is 28.8 Å². The van der Waals surface area contributed by atoms with Crippen LogP contribution >= 0.6 is 11.6 Å². The topological polar surface area (TPSA) is 45.5 Å². The molecule has 5 heteroatoms. The van der Waals surface area contributed by atoms with E-state index in [1.807, 2.05) is 25.1 Å². The number of methoxy groups -OCH3 is 1. The van der Waals surface area contributed by atoms with Gasteiger partial charge in [0.15, 0.2) is 6.23 Å². The van der Waals surface area contributed by atoms with E-state index in [0.29, 0.717) is 24.0 Å². The number of anilines is 1. The highest BCUT2D eigenvalue weighted by Crippen LogP contribution is 2.34. The van der Waals surface area contributed by atoms with Gasteiger partial charge in [0.2, 0.25) is 0 Å². The summed E-state index contributed by atoms with van der Waals surface area (Å²) in [5, 5.41) is 10.9. The molecule has 0 aliphatic carbocycles. The molecule has 0 amide bonds. The van der Waals surface area contributed by atoms with Crippen LogP contribution in [0.25, 0.3) is 0 Å². The van der Waals surface area contributed by atoms with E-state index < -0.39 is 0 Å². The minimum absolute atomic E-state index is 0.298. The number of hydroxylamine groups is 1. The fourth-order valence-electron chi connectivity index (χ4n) is 1.81. The van der Waals surface area contributed by atoms with Crippen LogP contribution in [0.15, 0.2) is 18.2 Å². The maximum Gasteiger partial charge on any atom is 0.151 e. The SMILES string of the molecule is COC(C)N(OCCC#N)c1cccc(C(C)C)c1Cl. The van der Waals surface area contributed by atoms with E-state index in [4.69, 9.17) is 26.4 Å². The number of hydrogen-bond donors (Lipinski definition) is 0. The zero-order chi connectivity index (χ0) is 15.1. The fourth-order valence-corrected chi connectivity index (χ4v) is 2.24. The lowest BCUT2D eigenvalue weighted by Gasteiger charge is -2.30. The van der Waals surface area contributed by atoms with Gasteiger partial charge in [0.25, 0.3) is 0 Å². The van der Waals surface area contributed by atoms with Crippen LogP contribution in [0.2, 0.25) is 5.02 Å². The van der Waals surface area contributed by atoms with Crippen LogP contribution < -0.4 is 5.06 Å². The summed E-state index contributed by atoms with van der Waals surface area (Å²) in [6.07, 6.45) is 0.0163. The standard InChI is InChI=1S/C15H21ClN2O2/c1-11(2)13-7-5-8-14(15(13)16)18(12(3)19-4)20-10-6-9-17/h5,7-8,11-12H,6,10H2,1-4H3. The summed E-state index contributed by atoms with van der Waals surface area (Å²) in [5.41, 5.74) is 1.81. The molecule has 0 radical (unpaired) electrons. The lowest BCUT2D eigenvalue weighted by Crippen LogP contribution is -2.35. The van der Waals surface area contributed by atoms with E-state index >= 15 is 0 Å². The molecule has 1 aromatic carbocycles. The number of benzene rings is 1. The van der Waals surface area contributed by atoms with Crippen LogP contribution in [0.3, 0.4) is 0 Å². The summed E-state index contributed by atoms with van der Waals surface area (Å²) in [6, 6.07) is 7.88. The number of halogens is 1. The van der Waals surface area contributed by atoms with Crippen molar-refractivity contribution in [1.82, 2.24) is 0 Å². The van der Waals surface area contributed by atoms with Gasteiger partial charge < -0.3 is 4.74 Å². The third-order valence-electron chi connectivity index (χ3n) is 2.98. The Morgan fingerprint density at radius 3 is 2.60 bits per heavy atom. The molecule has 0 bridgehead atoms. The minimum Gasteiger partial charge on any atom is -0.360 e. The first-order chi connectivity index (χ1) is 9.52. The molecule has 0 saturated carbocycles. The van der Waals surface area contributed by atoms with Crippen LogP contribution in [0.1, 0.15) is 38.7 Å². The van der Waals surface area contributed by atoms with Crippen molar-refractivity contribution in [3.8, 4) is 6.07 Å². The van der Waals surface area contributed by atoms with Gasteiger partial charge in [-0.1, -0.05) is 37.6 Å². The average Bonchev–Trinajstić information content (AvgIpc) is 2.43. The summed E-state index contributed by atoms with van der Waals surface area (Å²) >= 11 is 6.47. The maximum absolute atomic E-state index is 8.61. The van der Waals surface area contributed by atoms with Gasteiger partial charge in [-0.2, -0.15) is 5.26 Å². The molecule has 20 heavy (non-hydrogen) atoms. The summed E-state index contributed by atoms with van der Waals surface area (Å²) in [4.78, 5) is 5.64. The molecule has 1 atom stereocenters. The van der Waals surface area contributed by atoms with Crippen LogP contribution in [-0.2, 0) is 9.57 Å². The Hall–Kier alpha value is -1.28. The lowest BCUT2D eigenvalue weighted by atomic mass is 10.0. The van der Waals surface area contributed by atoms with Crippen molar-refractivity contribution >= 4 is 17.3 Å². The first kappa shape index (κ1) is 16.8. The monoisotopic (exact) mass is 296 g/mol. The van der Waals surface area contributed by atoms with Gasteiger partial charge in [0.1, 0.15) is 0 Å². The van der Waals surface area contributed by atoms with Crippen molar-refractivity contribution in [2.45, 2.75) is 39.3 Å². The Morgan fingerprint density at radius 1 is 1.35 bits per heavy atom. The predicted octanol–water partition coefficient (Wildman–Crippen LogP) is 4.11. The van der Waals surface area contributed by atoms with Gasteiger partial charge in [-0.05, 0) is 24.5 Å². The molecule has 0 aliphatic rings. The van der Waals surface area contributed by atoms with Crippen LogP contribution in [-0.4, -0.2) is 19.9 Å². The molecule has 0 spiro atoms. The van der Waals surface area contributed by atoms with Crippen molar-refractivity contribution in [2.24, 2.45) is 0 Å². The largest absolute Gasteiger partial charge is 0.360 e. The van der Waals surface area contributed by atoms with E-state index in [0.717, 1.165) is 11.3 Å². The molecule has 110 valence electrons. The van der Waals surface area contributed by atoms with Gasteiger partial charge in [-0.15, -0.1) is 0 Å². The van der Waals surface area contributed by atoms with Crippen molar-refractivity contribution in [3.63, 3.8) is 0 Å². The van der Waals surface area contributed by atoms with Gasteiger partial charge in [-0.3, -0.25) is 4.84 Å². The average molecular weight is 297 g/mol. The molecule has 0 N–H and O–H groups in total. The second-order valence-corrected chi connectivity index (χ2v) is 5.12. The Balaban J connectivity index is 3.07. The van der Waals surface area contributed by atoms with Gasteiger partial charge in [0, 0.05) is 7.11 Å². The summed E-state index contributed by atoms with van der Waals surface area (Å²) in [7, 11) is 1.60. The second kappa shape index (κ2) is 8.11. The van der Waals surface area contributed by atoms with Crippen molar-refractivity contribution in [2.75, 3.05) is 18.8 Å². The number of nitrogens with zero attached hydrogens (tertiary/aromatic N) is 2. The number of ether oxygens (including phenoxy) is 1. The van der Waals surface area contributed by atoms with E-state index in [9.17, 15) is 0 Å². The molecule has 1 unspecified atom stereocenters. The fraction of sp³-hybridized carbons (Fsp3) is 0.533. The molecule has 0 aromatic heterocycles. The third kappa shape index (κ3) is 4.11. The molecule has 0 saturated heterocycles. The van der Waals surface area contributed by atoms with Gasteiger partial charge >= 0.3 is 0 Å². The number of rotatable bonds is 7. The third-order valence-corrected chi connectivity index (χ3v) is 3.40. The highest BCUT2D eigenvalue weighted by Gasteiger charge is 2.20. The summed E-state index contributed by atoms with van der Waals surface area (Å²) in [5.74, 6) is 0.321. The molecule has 0 heterocycles. The molecular weight excluding hydrogens is 276 g/mol. The highest BCUT2D eigenvalue weighted by atomic mass is 35.5. The Labute approximate surface area is 125 Å². The molecular formula is C15H21ClN2O2. The van der Waals surface area contributed by atoms with Crippen molar-refractivity contribution < 1.29 is 9.57 Å². The van der Waals surface area contributed by atoms with Gasteiger partial charge in [0.05, 0.1) is 29.8 Å². The van der Waals surface area contributed by atoms with E-state index in [-0.39, 0.29) is 6.23 Å². The molecule has 4 nitrogen and oxygen atoms in total. The molecule has 1 aromatic rings. The molecule has 0 fully saturated rings. The Morgan fingerprint density at radius 2 is 2.05 bits per heavy atom. The first-order valence-corrected chi connectivity index (χ1v) is 7.01. The van der Waals surface area contributed by atoms with E-state index in [1.54, 1.807) is 12.2 Å². The molecule has 0 aliphatic heterocycles. The maximum atomic E-state index is 8.61. The van der Waals surface area contributed by atoms with E-state index in [2.05, 4.69) is 19.9 Å². The van der Waals surface area contributed by atoms with Gasteiger partial charge in [-0.25, -0.2) is 5.06 Å². The zero-order valence-electron chi connectivity index (χ0n) is 12.4. The summed E-state index contributed by atoms with van der Waals surface area (Å²) < 4.78 is 5.31. The minimum atomic E-state index is -0.298. The van der Waals surface area contributed by atoms with Crippen LogP contribution in [0.4, 0.5) is 5.69 Å². The van der Waals surface area contributed by atoms with E-state index in [1.165, 1.54) is 0 Å². The van der Waals surface area contributed by atoms with Crippen molar-refractivity contribution in [1.29, 1.82) is 5.26 Å². The highest BCUT2D eigenvalue weighted by molar-refractivity contribution is 6.34. The number of hydrogen-bond acceptors (Lipinski definition) is 4. The smallest absolute Gasteiger partial charge is 0.151 e. The summed E-state index contributed by atoms with van der Waals surface area (Å²) in [6.45, 7) is 6.34. The van der Waals surface area contributed by atoms with Crippen LogP contribution in [0, 0.1) is 11.3 Å². The first-order valence-electron chi connectivity index (χ1n) is 6.63. The molecule has 1 rings (SSSR count). The number of nitriles is 1. The second-order valence-electron chi connectivity index (χ2n) is 4.74. The van der Waals surface area contributed by atoms with Crippen LogP contribution in [0.5, 0.6) is 0 Å². The lowest BCUT2D eigenvalue weighted by molar-refractivity contribution is -0.00560. The quantitative estimate of drug-likeness (QED) is 0.431.